The van der Waals surface area contributed by atoms with Crippen molar-refractivity contribution in [2.24, 2.45) is 0 Å². The lowest BCUT2D eigenvalue weighted by Crippen LogP contribution is -2.47. The molecule has 33 heavy (non-hydrogen) atoms. The van der Waals surface area contributed by atoms with E-state index in [1.807, 2.05) is 0 Å². The van der Waals surface area contributed by atoms with Gasteiger partial charge in [0.15, 0.2) is 0 Å². The van der Waals surface area contributed by atoms with Crippen LogP contribution in [0, 0.1) is 19.3 Å². The van der Waals surface area contributed by atoms with E-state index in [1.165, 1.54) is 6.07 Å². The van der Waals surface area contributed by atoms with E-state index in [0.29, 0.717) is 29.4 Å². The van der Waals surface area contributed by atoms with Gasteiger partial charge in [0, 0.05) is 24.2 Å². The third-order valence-corrected chi connectivity index (χ3v) is 6.76. The zero-order valence-corrected chi connectivity index (χ0v) is 19.7. The summed E-state index contributed by atoms with van der Waals surface area (Å²) in [5, 5.41) is 5.12. The number of nitrogens with zero attached hydrogens (tertiary/aromatic N) is 1. The molecule has 1 aromatic carbocycles. The first-order chi connectivity index (χ1) is 15.6. The number of aryl methyl sites for hydroxylation is 1. The van der Waals surface area contributed by atoms with Crippen molar-refractivity contribution in [3.8, 4) is 12.3 Å². The number of thiophene rings is 1. The topological polar surface area (TPSA) is 122 Å². The molecular weight excluding hydrogens is 466 g/mol. The number of carbonyl (C=O) groups is 3. The zero-order chi connectivity index (χ0) is 24.2. The summed E-state index contributed by atoms with van der Waals surface area (Å²) in [6.45, 7) is 2.67. The van der Waals surface area contributed by atoms with Crippen LogP contribution in [0.4, 0.5) is 11.4 Å². The molecule has 1 unspecified atom stereocenters. The number of amides is 3. The summed E-state index contributed by atoms with van der Waals surface area (Å²) >= 11 is 1.06. The van der Waals surface area contributed by atoms with E-state index in [2.05, 4.69) is 16.6 Å². The Morgan fingerprint density at radius 2 is 2.06 bits per heavy atom. The lowest BCUT2D eigenvalue weighted by Gasteiger charge is -2.28. The van der Waals surface area contributed by atoms with Gasteiger partial charge in [0.25, 0.3) is 11.8 Å². The molecule has 1 saturated heterocycles. The fourth-order valence-corrected chi connectivity index (χ4v) is 4.85. The van der Waals surface area contributed by atoms with Crippen molar-refractivity contribution < 1.29 is 27.5 Å². The summed E-state index contributed by atoms with van der Waals surface area (Å²) in [6.07, 6.45) is 6.30. The van der Waals surface area contributed by atoms with E-state index in [-0.39, 0.29) is 17.4 Å². The number of benzene rings is 1. The maximum absolute atomic E-state index is 12.9. The third kappa shape index (κ3) is 6.41. The lowest BCUT2D eigenvalue weighted by atomic mass is 10.1. The molecule has 0 aliphatic carbocycles. The van der Waals surface area contributed by atoms with Crippen LogP contribution in [0.15, 0.2) is 30.3 Å². The highest BCUT2D eigenvalue weighted by atomic mass is 32.2. The van der Waals surface area contributed by atoms with Crippen LogP contribution in [0.3, 0.4) is 0 Å². The highest BCUT2D eigenvalue weighted by Gasteiger charge is 2.27. The fraction of sp³-hybridized carbons (Fsp3) is 0.318. The van der Waals surface area contributed by atoms with Crippen LogP contribution in [0.2, 0.25) is 0 Å². The molecule has 3 rings (SSSR count). The van der Waals surface area contributed by atoms with Gasteiger partial charge in [-0.1, -0.05) is 5.92 Å². The average Bonchev–Trinajstić information content (AvgIpc) is 3.23. The molecule has 1 atom stereocenters. The predicted octanol–water partition coefficient (Wildman–Crippen LogP) is 1.18. The number of rotatable bonds is 7. The van der Waals surface area contributed by atoms with Crippen LogP contribution in [0.1, 0.15) is 20.1 Å². The average molecular weight is 490 g/mol. The van der Waals surface area contributed by atoms with E-state index >= 15 is 0 Å². The van der Waals surface area contributed by atoms with Crippen LogP contribution in [-0.4, -0.2) is 63.9 Å². The van der Waals surface area contributed by atoms with Crippen molar-refractivity contribution in [2.45, 2.75) is 13.0 Å². The van der Waals surface area contributed by atoms with Crippen molar-refractivity contribution >= 4 is 50.3 Å². The molecule has 1 fully saturated rings. The summed E-state index contributed by atoms with van der Waals surface area (Å²) in [5.74, 6) is 0.413. The molecule has 2 N–H and O–H groups in total. The Morgan fingerprint density at radius 1 is 1.30 bits per heavy atom. The number of sulfone groups is 1. The molecule has 1 aliphatic rings. The van der Waals surface area contributed by atoms with Crippen molar-refractivity contribution in [2.75, 3.05) is 42.0 Å². The van der Waals surface area contributed by atoms with Gasteiger partial charge in [-0.3, -0.25) is 14.4 Å². The van der Waals surface area contributed by atoms with Crippen LogP contribution in [0.5, 0.6) is 0 Å². The molecule has 174 valence electrons. The number of hydrogen-bond acceptors (Lipinski definition) is 7. The van der Waals surface area contributed by atoms with E-state index in [4.69, 9.17) is 11.2 Å². The van der Waals surface area contributed by atoms with Crippen LogP contribution < -0.4 is 15.5 Å². The minimum absolute atomic E-state index is 0.0118. The summed E-state index contributed by atoms with van der Waals surface area (Å²) < 4.78 is 28.9. The second kappa shape index (κ2) is 10.2. The molecule has 0 saturated carbocycles. The molecule has 3 amide bonds. The Kier molecular flexibility index (Phi) is 7.53. The lowest BCUT2D eigenvalue weighted by molar-refractivity contribution is -0.125. The van der Waals surface area contributed by atoms with E-state index in [1.54, 1.807) is 36.1 Å². The number of ether oxygens (including phenoxy) is 1. The van der Waals surface area contributed by atoms with Gasteiger partial charge < -0.3 is 20.3 Å². The normalized spacial score (nSPS) is 14.9. The molecule has 2 aromatic rings. The van der Waals surface area contributed by atoms with Crippen LogP contribution in [0.25, 0.3) is 0 Å². The number of anilines is 2. The Morgan fingerprint density at radius 3 is 2.67 bits per heavy atom. The second-order valence-corrected chi connectivity index (χ2v) is 10.8. The van der Waals surface area contributed by atoms with Gasteiger partial charge in [-0.15, -0.1) is 17.8 Å². The largest absolute Gasteiger partial charge is 0.370 e. The molecule has 0 spiro atoms. The van der Waals surface area contributed by atoms with E-state index < -0.39 is 33.4 Å². The molecule has 1 aliphatic heterocycles. The van der Waals surface area contributed by atoms with Gasteiger partial charge >= 0.3 is 0 Å². The number of nitrogens with one attached hydrogen (secondary N) is 2. The first-order valence-electron chi connectivity index (χ1n) is 9.92. The molecule has 0 radical (unpaired) electrons. The molecule has 11 heteroatoms. The molecule has 2 heterocycles. The van der Waals surface area contributed by atoms with Gasteiger partial charge in [-0.2, -0.15) is 0 Å². The maximum atomic E-state index is 12.9. The fourth-order valence-electron chi connectivity index (χ4n) is 3.29. The van der Waals surface area contributed by atoms with Gasteiger partial charge in [-0.25, -0.2) is 8.42 Å². The van der Waals surface area contributed by atoms with Crippen molar-refractivity contribution in [3.63, 3.8) is 0 Å². The quantitative estimate of drug-likeness (QED) is 0.564. The minimum Gasteiger partial charge on any atom is -0.370 e. The van der Waals surface area contributed by atoms with Gasteiger partial charge in [-0.05, 0) is 42.8 Å². The Labute approximate surface area is 196 Å². The first-order valence-corrected chi connectivity index (χ1v) is 12.8. The SMILES string of the molecule is C#Cc1ccc(C(=O)NC(CS(C)(=O)=O)C(=O)Nc2ccc(N3CCOCC3=O)c(C)c2)s1. The van der Waals surface area contributed by atoms with Gasteiger partial charge in [0.2, 0.25) is 5.91 Å². The molecular formula is C22H23N3O6S2. The minimum atomic E-state index is -3.58. The van der Waals surface area contributed by atoms with Crippen molar-refractivity contribution in [3.05, 3.63) is 45.6 Å². The van der Waals surface area contributed by atoms with Gasteiger partial charge in [0.05, 0.1) is 22.1 Å². The monoisotopic (exact) mass is 489 g/mol. The maximum Gasteiger partial charge on any atom is 0.262 e. The number of carbonyl (C=O) groups excluding carboxylic acids is 3. The highest BCUT2D eigenvalue weighted by Crippen LogP contribution is 2.25. The van der Waals surface area contributed by atoms with Crippen LogP contribution in [-0.2, 0) is 24.2 Å². The molecule has 0 bridgehead atoms. The molecule has 1 aromatic heterocycles. The van der Waals surface area contributed by atoms with Crippen LogP contribution >= 0.6 is 11.3 Å². The standard InChI is InChI=1S/C22H23N3O6S2/c1-4-16-6-8-19(32-16)22(28)24-17(13-33(3,29)30)21(27)23-15-5-7-18(14(2)11-15)25-9-10-31-12-20(25)26/h1,5-8,11,17H,9-10,12-13H2,2-3H3,(H,23,27)(H,24,28). The summed E-state index contributed by atoms with van der Waals surface area (Å²) in [4.78, 5) is 39.9. The van der Waals surface area contributed by atoms with Crippen molar-refractivity contribution in [1.29, 1.82) is 0 Å². The highest BCUT2D eigenvalue weighted by molar-refractivity contribution is 7.90. The van der Waals surface area contributed by atoms with E-state index in [0.717, 1.165) is 23.2 Å². The number of terminal acetylenes is 1. The summed E-state index contributed by atoms with van der Waals surface area (Å²) in [6, 6.07) is 6.78. The van der Waals surface area contributed by atoms with Crippen molar-refractivity contribution in [1.82, 2.24) is 5.32 Å². The Balaban J connectivity index is 1.76. The smallest absolute Gasteiger partial charge is 0.262 e. The number of hydrogen-bond donors (Lipinski definition) is 2. The zero-order valence-electron chi connectivity index (χ0n) is 18.1. The van der Waals surface area contributed by atoms with Gasteiger partial charge in [0.1, 0.15) is 22.5 Å². The first kappa shape index (κ1) is 24.4. The Bertz CT molecular complexity index is 1230. The Hall–Kier alpha value is -3.20. The summed E-state index contributed by atoms with van der Waals surface area (Å²) in [7, 11) is -3.58. The van der Waals surface area contributed by atoms with E-state index in [9.17, 15) is 22.8 Å². The third-order valence-electron chi connectivity index (χ3n) is 4.80. The number of morpholine rings is 1. The summed E-state index contributed by atoms with van der Waals surface area (Å²) in [5.41, 5.74) is 1.84. The molecule has 9 nitrogen and oxygen atoms in total. The predicted molar refractivity (Wildman–Crippen MR) is 126 cm³/mol. The second-order valence-electron chi connectivity index (χ2n) is 7.52.